The average Bonchev–Trinajstić information content (AvgIpc) is 2.78. The quantitative estimate of drug-likeness (QED) is 0.645. The Morgan fingerprint density at radius 2 is 1.88 bits per heavy atom. The highest BCUT2D eigenvalue weighted by Crippen LogP contribution is 2.23. The molecule has 5 nitrogen and oxygen atoms in total. The highest BCUT2D eigenvalue weighted by molar-refractivity contribution is 7.80. The monoisotopic (exact) mass is 251 g/mol. The molecule has 0 amide bonds. The molecule has 0 radical (unpaired) electrons. The molecule has 6 heteroatoms. The summed E-state index contributed by atoms with van der Waals surface area (Å²) in [5, 5.41) is 0. The lowest BCUT2D eigenvalue weighted by Gasteiger charge is -2.01. The maximum absolute atomic E-state index is 10.5. The van der Waals surface area contributed by atoms with E-state index in [9.17, 15) is 9.00 Å². The van der Waals surface area contributed by atoms with Gasteiger partial charge >= 0.3 is 0 Å². The van der Waals surface area contributed by atoms with E-state index >= 15 is 0 Å². The van der Waals surface area contributed by atoms with Gasteiger partial charge in [0, 0.05) is 11.3 Å². The summed E-state index contributed by atoms with van der Waals surface area (Å²) < 4.78 is 26.7. The predicted molar refractivity (Wildman–Crippen MR) is 63.9 cm³/mol. The van der Waals surface area contributed by atoms with Crippen molar-refractivity contribution < 1.29 is 18.0 Å². The second-order valence-corrected chi connectivity index (χ2v) is 3.95. The number of carbonyl (C=O) groups is 1. The van der Waals surface area contributed by atoms with Crippen molar-refractivity contribution in [2.45, 2.75) is 0 Å². The van der Waals surface area contributed by atoms with Crippen molar-refractivity contribution in [2.24, 2.45) is 0 Å². The predicted octanol–water partition coefficient (Wildman–Crippen LogP) is 2.31. The zero-order valence-corrected chi connectivity index (χ0v) is 9.44. The molecule has 2 rings (SSSR count). The molecule has 0 saturated heterocycles. The molecule has 0 aliphatic rings. The lowest BCUT2D eigenvalue weighted by atomic mass is 10.1. The molecule has 0 saturated carbocycles. The van der Waals surface area contributed by atoms with Crippen LogP contribution in [0.3, 0.4) is 0 Å². The van der Waals surface area contributed by atoms with E-state index in [-0.39, 0.29) is 5.76 Å². The van der Waals surface area contributed by atoms with Gasteiger partial charge in [0.2, 0.25) is 0 Å². The van der Waals surface area contributed by atoms with Crippen molar-refractivity contribution in [3.8, 4) is 11.3 Å². The molecule has 1 heterocycles. The SMILES string of the molecule is O=Cc1ccc(-c2ccc(NS(=O)O)cc2)o1. The Balaban J connectivity index is 2.22. The number of rotatable bonds is 4. The molecule has 0 aliphatic heterocycles. The molecule has 0 spiro atoms. The molecule has 2 N–H and O–H groups in total. The van der Waals surface area contributed by atoms with Gasteiger partial charge in [-0.15, -0.1) is 0 Å². The first kappa shape index (κ1) is 11.6. The van der Waals surface area contributed by atoms with E-state index < -0.39 is 11.3 Å². The number of nitrogens with one attached hydrogen (secondary N) is 1. The second kappa shape index (κ2) is 4.94. The zero-order chi connectivity index (χ0) is 12.3. The normalized spacial score (nSPS) is 12.1. The molecule has 17 heavy (non-hydrogen) atoms. The minimum absolute atomic E-state index is 0.263. The molecule has 0 aliphatic carbocycles. The van der Waals surface area contributed by atoms with Crippen molar-refractivity contribution in [1.29, 1.82) is 0 Å². The van der Waals surface area contributed by atoms with Crippen molar-refractivity contribution in [1.82, 2.24) is 0 Å². The van der Waals surface area contributed by atoms with E-state index in [4.69, 9.17) is 8.97 Å². The fraction of sp³-hybridized carbons (Fsp3) is 0. The fourth-order valence-corrected chi connectivity index (χ4v) is 1.71. The minimum atomic E-state index is -2.08. The largest absolute Gasteiger partial charge is 0.453 e. The Morgan fingerprint density at radius 1 is 1.18 bits per heavy atom. The number of anilines is 1. The number of furan rings is 1. The summed E-state index contributed by atoms with van der Waals surface area (Å²) >= 11 is -2.08. The lowest BCUT2D eigenvalue weighted by Crippen LogP contribution is -2.01. The molecule has 0 fully saturated rings. The second-order valence-electron chi connectivity index (χ2n) is 3.25. The van der Waals surface area contributed by atoms with Crippen molar-refractivity contribution in [3.05, 3.63) is 42.2 Å². The van der Waals surface area contributed by atoms with Crippen LogP contribution in [0.15, 0.2) is 40.8 Å². The smallest absolute Gasteiger partial charge is 0.259 e. The summed E-state index contributed by atoms with van der Waals surface area (Å²) in [6.07, 6.45) is 0.633. The van der Waals surface area contributed by atoms with E-state index in [1.54, 1.807) is 36.4 Å². The Labute approximate surface area is 99.9 Å². The molecule has 88 valence electrons. The molecule has 2 aromatic rings. The number of hydrogen-bond donors (Lipinski definition) is 2. The highest BCUT2D eigenvalue weighted by atomic mass is 32.2. The van der Waals surface area contributed by atoms with Gasteiger partial charge in [-0.2, -0.15) is 0 Å². The first-order valence-electron chi connectivity index (χ1n) is 4.72. The molecule has 1 aromatic carbocycles. The van der Waals surface area contributed by atoms with Crippen molar-refractivity contribution >= 4 is 23.2 Å². The molecule has 0 bridgehead atoms. The van der Waals surface area contributed by atoms with Gasteiger partial charge in [0.1, 0.15) is 5.76 Å². The van der Waals surface area contributed by atoms with E-state index in [0.717, 1.165) is 5.56 Å². The van der Waals surface area contributed by atoms with Gasteiger partial charge in [0.05, 0.1) is 0 Å². The standard InChI is InChI=1S/C11H9NO4S/c13-7-10-5-6-11(16-10)8-1-3-9(4-2-8)12-17(14)15/h1-7,12H,(H,14,15). The van der Waals surface area contributed by atoms with Gasteiger partial charge in [-0.05, 0) is 36.4 Å². The van der Waals surface area contributed by atoms with Crippen LogP contribution in [0.5, 0.6) is 0 Å². The van der Waals surface area contributed by atoms with Gasteiger partial charge in [0.15, 0.2) is 12.0 Å². The topological polar surface area (TPSA) is 79.5 Å². The number of hydrogen-bond acceptors (Lipinski definition) is 3. The van der Waals surface area contributed by atoms with Gasteiger partial charge in [-0.25, -0.2) is 4.21 Å². The summed E-state index contributed by atoms with van der Waals surface area (Å²) in [4.78, 5) is 10.5. The Hall–Kier alpha value is -1.92. The third-order valence-corrected chi connectivity index (χ3v) is 2.53. The molecule has 1 unspecified atom stereocenters. The van der Waals surface area contributed by atoms with Crippen molar-refractivity contribution in [3.63, 3.8) is 0 Å². The maximum atomic E-state index is 10.5. The van der Waals surface area contributed by atoms with Crippen molar-refractivity contribution in [2.75, 3.05) is 4.72 Å². The summed E-state index contributed by atoms with van der Waals surface area (Å²) in [6, 6.07) is 10.0. The Morgan fingerprint density at radius 3 is 2.41 bits per heavy atom. The molecular formula is C11H9NO4S. The first-order chi connectivity index (χ1) is 8.19. The van der Waals surface area contributed by atoms with Crippen LogP contribution in [0.2, 0.25) is 0 Å². The van der Waals surface area contributed by atoms with Crippen LogP contribution in [0.25, 0.3) is 11.3 Å². The summed E-state index contributed by atoms with van der Waals surface area (Å²) in [6.45, 7) is 0. The van der Waals surface area contributed by atoms with Crippen LogP contribution in [0.1, 0.15) is 10.6 Å². The number of aldehydes is 1. The van der Waals surface area contributed by atoms with Crippen LogP contribution >= 0.6 is 0 Å². The van der Waals surface area contributed by atoms with E-state index in [1.165, 1.54) is 0 Å². The van der Waals surface area contributed by atoms with Gasteiger partial charge in [0.25, 0.3) is 11.3 Å². The minimum Gasteiger partial charge on any atom is -0.453 e. The average molecular weight is 251 g/mol. The van der Waals surface area contributed by atoms with E-state index in [0.29, 0.717) is 17.7 Å². The molecular weight excluding hydrogens is 242 g/mol. The third-order valence-electron chi connectivity index (χ3n) is 2.12. The fourth-order valence-electron chi connectivity index (χ4n) is 1.37. The van der Waals surface area contributed by atoms with Gasteiger partial charge in [-0.3, -0.25) is 14.1 Å². The van der Waals surface area contributed by atoms with Crippen LogP contribution in [0.4, 0.5) is 5.69 Å². The van der Waals surface area contributed by atoms with Gasteiger partial charge in [-0.1, -0.05) is 0 Å². The summed E-state index contributed by atoms with van der Waals surface area (Å²) in [5.74, 6) is 0.836. The van der Waals surface area contributed by atoms with E-state index in [2.05, 4.69) is 4.72 Å². The molecule has 1 atom stereocenters. The van der Waals surface area contributed by atoms with Crippen LogP contribution in [-0.2, 0) is 11.3 Å². The maximum Gasteiger partial charge on any atom is 0.259 e. The third kappa shape index (κ3) is 2.80. The number of benzene rings is 1. The van der Waals surface area contributed by atoms with Crippen LogP contribution in [0, 0.1) is 0 Å². The summed E-state index contributed by atoms with van der Waals surface area (Å²) in [5.41, 5.74) is 1.31. The van der Waals surface area contributed by atoms with Crippen LogP contribution < -0.4 is 4.72 Å². The lowest BCUT2D eigenvalue weighted by molar-refractivity contribution is 0.110. The number of carbonyl (C=O) groups excluding carboxylic acids is 1. The summed E-state index contributed by atoms with van der Waals surface area (Å²) in [7, 11) is 0. The highest BCUT2D eigenvalue weighted by Gasteiger charge is 2.04. The van der Waals surface area contributed by atoms with Crippen LogP contribution in [-0.4, -0.2) is 15.0 Å². The molecule has 1 aromatic heterocycles. The van der Waals surface area contributed by atoms with Gasteiger partial charge < -0.3 is 4.42 Å². The Bertz CT molecular complexity index is 547. The first-order valence-corrected chi connectivity index (χ1v) is 5.82. The Kier molecular flexibility index (Phi) is 3.36. The van der Waals surface area contributed by atoms with E-state index in [1.807, 2.05) is 0 Å². The zero-order valence-electron chi connectivity index (χ0n) is 8.62.